The Morgan fingerprint density at radius 2 is 2.00 bits per heavy atom. The molecule has 1 aromatic heterocycles. The normalized spacial score (nSPS) is 13.7. The number of carbonyl (C=O) groups is 1. The third-order valence-electron chi connectivity index (χ3n) is 4.90. The van der Waals surface area contributed by atoms with Gasteiger partial charge in [0.15, 0.2) is 0 Å². The van der Waals surface area contributed by atoms with E-state index in [1.807, 2.05) is 12.1 Å². The fourth-order valence-corrected chi connectivity index (χ4v) is 3.41. The predicted molar refractivity (Wildman–Crippen MR) is 105 cm³/mol. The van der Waals surface area contributed by atoms with E-state index in [1.54, 1.807) is 19.2 Å². The minimum atomic E-state index is -0.333. The monoisotopic (exact) mass is 367 g/mol. The van der Waals surface area contributed by atoms with Gasteiger partial charge in [0.05, 0.1) is 5.56 Å². The van der Waals surface area contributed by atoms with Gasteiger partial charge in [-0.25, -0.2) is 4.39 Å². The lowest BCUT2D eigenvalue weighted by molar-refractivity contribution is 0.0964. The van der Waals surface area contributed by atoms with Crippen molar-refractivity contribution in [3.05, 3.63) is 53.3 Å². The Morgan fingerprint density at radius 3 is 2.63 bits per heavy atom. The van der Waals surface area contributed by atoms with Gasteiger partial charge in [0, 0.05) is 42.8 Å². The molecule has 4 rings (SSSR count). The highest BCUT2D eigenvalue weighted by molar-refractivity contribution is 6.11. The molecule has 140 valence electrons. The maximum absolute atomic E-state index is 13.3. The second kappa shape index (κ2) is 7.04. The minimum absolute atomic E-state index is 0.225. The van der Waals surface area contributed by atoms with Crippen LogP contribution in [0.2, 0.25) is 0 Å². The number of anilines is 1. The lowest BCUT2D eigenvalue weighted by Gasteiger charge is -2.11. The summed E-state index contributed by atoms with van der Waals surface area (Å²) >= 11 is 0. The van der Waals surface area contributed by atoms with Crippen LogP contribution >= 0.6 is 0 Å². The third kappa shape index (κ3) is 3.28. The van der Waals surface area contributed by atoms with Crippen LogP contribution in [0.1, 0.15) is 34.7 Å². The van der Waals surface area contributed by atoms with Crippen molar-refractivity contribution < 1.29 is 13.6 Å². The minimum Gasteiger partial charge on any atom is -0.455 e. The van der Waals surface area contributed by atoms with Crippen LogP contribution in [0.5, 0.6) is 0 Å². The highest BCUT2D eigenvalue weighted by Gasteiger charge is 2.29. The van der Waals surface area contributed by atoms with Gasteiger partial charge in [0.25, 0.3) is 5.91 Å². The Hall–Kier alpha value is -2.86. The summed E-state index contributed by atoms with van der Waals surface area (Å²) in [6.07, 6.45) is 2.28. The average molecular weight is 367 g/mol. The maximum Gasteiger partial charge on any atom is 0.255 e. The van der Waals surface area contributed by atoms with E-state index in [-0.39, 0.29) is 11.7 Å². The van der Waals surface area contributed by atoms with Crippen LogP contribution in [0, 0.1) is 5.82 Å². The van der Waals surface area contributed by atoms with Crippen molar-refractivity contribution in [2.75, 3.05) is 25.5 Å². The molecule has 0 atom stereocenters. The molecule has 1 saturated carbocycles. The van der Waals surface area contributed by atoms with E-state index >= 15 is 0 Å². The van der Waals surface area contributed by atoms with Crippen molar-refractivity contribution in [2.45, 2.75) is 18.8 Å². The summed E-state index contributed by atoms with van der Waals surface area (Å²) in [6.45, 7) is 1.20. The number of hydrogen-bond donors (Lipinski definition) is 3. The molecule has 5 nitrogen and oxygen atoms in total. The van der Waals surface area contributed by atoms with Crippen molar-refractivity contribution in [3.8, 4) is 11.3 Å². The second-order valence-electron chi connectivity index (χ2n) is 6.82. The largest absolute Gasteiger partial charge is 0.455 e. The molecule has 6 heteroatoms. The Balaban J connectivity index is 1.92. The van der Waals surface area contributed by atoms with Crippen LogP contribution in [0.25, 0.3) is 22.3 Å². The molecule has 0 saturated heterocycles. The molecule has 4 N–H and O–H groups in total. The van der Waals surface area contributed by atoms with E-state index < -0.39 is 0 Å². The van der Waals surface area contributed by atoms with Gasteiger partial charge >= 0.3 is 0 Å². The number of benzene rings is 2. The molecule has 1 amide bonds. The van der Waals surface area contributed by atoms with Gasteiger partial charge in [-0.2, -0.15) is 0 Å². The summed E-state index contributed by atoms with van der Waals surface area (Å²) in [5.74, 6) is 0.386. The topological polar surface area (TPSA) is 80.3 Å². The van der Waals surface area contributed by atoms with Gasteiger partial charge in [-0.05, 0) is 54.7 Å². The van der Waals surface area contributed by atoms with E-state index in [0.717, 1.165) is 23.9 Å². The maximum atomic E-state index is 13.3. The molecule has 0 unspecified atom stereocenters. The molecule has 0 spiro atoms. The second-order valence-corrected chi connectivity index (χ2v) is 6.82. The summed E-state index contributed by atoms with van der Waals surface area (Å²) in [6, 6.07) is 9.95. The van der Waals surface area contributed by atoms with Crippen molar-refractivity contribution in [1.82, 2.24) is 5.32 Å². The quantitative estimate of drug-likeness (QED) is 0.618. The third-order valence-corrected chi connectivity index (χ3v) is 4.90. The van der Waals surface area contributed by atoms with E-state index in [4.69, 9.17) is 10.2 Å². The summed E-state index contributed by atoms with van der Waals surface area (Å²) in [4.78, 5) is 12.6. The lowest BCUT2D eigenvalue weighted by atomic mass is 10.0. The first-order chi connectivity index (χ1) is 13.1. The van der Waals surface area contributed by atoms with Gasteiger partial charge in [0.1, 0.15) is 17.2 Å². The van der Waals surface area contributed by atoms with Gasteiger partial charge in [-0.3, -0.25) is 4.79 Å². The highest BCUT2D eigenvalue weighted by Crippen LogP contribution is 2.46. The number of furan rings is 1. The fourth-order valence-electron chi connectivity index (χ4n) is 3.41. The standard InChI is InChI=1S/C21H22FN3O2/c1-24-21(26)19-16-10-15(12-2-3-12)17(25-9-8-23)11-18(16)27-20(19)13-4-6-14(22)7-5-13/h4-7,10-12,25H,2-3,8-9,23H2,1H3,(H,24,26). The lowest BCUT2D eigenvalue weighted by Crippen LogP contribution is -2.18. The number of nitrogens with one attached hydrogen (secondary N) is 2. The summed E-state index contributed by atoms with van der Waals surface area (Å²) in [5.41, 5.74) is 9.58. The molecule has 1 aliphatic rings. The molecular formula is C21H22FN3O2. The van der Waals surface area contributed by atoms with E-state index in [1.165, 1.54) is 17.7 Å². The zero-order valence-electron chi connectivity index (χ0n) is 15.1. The Labute approximate surface area is 156 Å². The smallest absolute Gasteiger partial charge is 0.255 e. The number of halogens is 1. The van der Waals surface area contributed by atoms with E-state index in [0.29, 0.717) is 41.5 Å². The van der Waals surface area contributed by atoms with Crippen molar-refractivity contribution >= 4 is 22.6 Å². The predicted octanol–water partition coefficient (Wildman–Crippen LogP) is 3.85. The SMILES string of the molecule is CNC(=O)c1c(-c2ccc(F)cc2)oc2cc(NCCN)c(C3CC3)cc12. The molecule has 0 aliphatic heterocycles. The van der Waals surface area contributed by atoms with Gasteiger partial charge in [0.2, 0.25) is 0 Å². The molecule has 1 heterocycles. The van der Waals surface area contributed by atoms with Crippen LogP contribution in [0.3, 0.4) is 0 Å². The number of carbonyl (C=O) groups excluding carboxylic acids is 1. The summed E-state index contributed by atoms with van der Waals surface area (Å²) in [5, 5.41) is 6.82. The van der Waals surface area contributed by atoms with E-state index in [2.05, 4.69) is 10.6 Å². The first-order valence-corrected chi connectivity index (χ1v) is 9.14. The van der Waals surface area contributed by atoms with Crippen molar-refractivity contribution in [2.24, 2.45) is 5.73 Å². The number of rotatable bonds is 6. The van der Waals surface area contributed by atoms with Crippen LogP contribution in [-0.2, 0) is 0 Å². The zero-order valence-corrected chi connectivity index (χ0v) is 15.1. The van der Waals surface area contributed by atoms with Gasteiger partial charge in [-0.1, -0.05) is 0 Å². The molecule has 3 aromatic rings. The first-order valence-electron chi connectivity index (χ1n) is 9.14. The summed E-state index contributed by atoms with van der Waals surface area (Å²) < 4.78 is 19.4. The first kappa shape index (κ1) is 17.5. The Kier molecular flexibility index (Phi) is 4.58. The average Bonchev–Trinajstić information content (AvgIpc) is 3.46. The van der Waals surface area contributed by atoms with Crippen molar-refractivity contribution in [1.29, 1.82) is 0 Å². The van der Waals surface area contributed by atoms with Crippen molar-refractivity contribution in [3.63, 3.8) is 0 Å². The van der Waals surface area contributed by atoms with E-state index in [9.17, 15) is 9.18 Å². The summed E-state index contributed by atoms with van der Waals surface area (Å²) in [7, 11) is 1.59. The fraction of sp³-hybridized carbons (Fsp3) is 0.286. The number of hydrogen-bond acceptors (Lipinski definition) is 4. The van der Waals surface area contributed by atoms with Gasteiger partial charge < -0.3 is 20.8 Å². The Bertz CT molecular complexity index is 991. The molecule has 0 radical (unpaired) electrons. The Morgan fingerprint density at radius 1 is 1.26 bits per heavy atom. The zero-order chi connectivity index (χ0) is 19.0. The highest BCUT2D eigenvalue weighted by atomic mass is 19.1. The number of nitrogens with two attached hydrogens (primary N) is 1. The molecule has 1 aliphatic carbocycles. The molecule has 1 fully saturated rings. The molecule has 0 bridgehead atoms. The number of amides is 1. The van der Waals surface area contributed by atoms with Crippen LogP contribution < -0.4 is 16.4 Å². The molecular weight excluding hydrogens is 345 g/mol. The van der Waals surface area contributed by atoms with Crippen LogP contribution in [0.4, 0.5) is 10.1 Å². The number of fused-ring (bicyclic) bond motifs is 1. The van der Waals surface area contributed by atoms with Crippen LogP contribution in [-0.4, -0.2) is 26.0 Å². The molecule has 27 heavy (non-hydrogen) atoms. The van der Waals surface area contributed by atoms with Crippen LogP contribution in [0.15, 0.2) is 40.8 Å². The molecule has 2 aromatic carbocycles. The van der Waals surface area contributed by atoms with Gasteiger partial charge in [-0.15, -0.1) is 0 Å².